The number of cyclic esters (lactones) is 2. The molecule has 1 radical (unpaired) electrons. The van der Waals surface area contributed by atoms with Crippen molar-refractivity contribution in [2.75, 3.05) is 0 Å². The van der Waals surface area contributed by atoms with Crippen LogP contribution < -0.4 is 0 Å². The van der Waals surface area contributed by atoms with Crippen LogP contribution in [0.3, 0.4) is 0 Å². The fourth-order valence-electron chi connectivity index (χ4n) is 1.43. The summed E-state index contributed by atoms with van der Waals surface area (Å²) >= 11 is 0. The van der Waals surface area contributed by atoms with Crippen LogP contribution in [0.15, 0.2) is 36.4 Å². The SMILES string of the molecule is O=C1CC(C=Cc2ccccc2)C(=O)O1.[Na]. The molecule has 77 valence electrons. The fraction of sp³-hybridized carbons (Fsp3) is 0.167. The van der Waals surface area contributed by atoms with E-state index in [2.05, 4.69) is 4.74 Å². The number of esters is 2. The van der Waals surface area contributed by atoms with Gasteiger partial charge in [-0.3, -0.25) is 9.59 Å². The Morgan fingerprint density at radius 1 is 1.19 bits per heavy atom. The van der Waals surface area contributed by atoms with Gasteiger partial charge in [-0.25, -0.2) is 0 Å². The van der Waals surface area contributed by atoms with E-state index in [1.807, 2.05) is 36.4 Å². The first kappa shape index (κ1) is 13.2. The molecule has 1 atom stereocenters. The quantitative estimate of drug-likeness (QED) is 0.434. The van der Waals surface area contributed by atoms with E-state index in [1.54, 1.807) is 6.08 Å². The molecule has 2 rings (SSSR count). The van der Waals surface area contributed by atoms with Crippen LogP contribution in [0.25, 0.3) is 6.08 Å². The van der Waals surface area contributed by atoms with Crippen molar-refractivity contribution in [3.8, 4) is 0 Å². The molecule has 1 aliphatic heterocycles. The zero-order valence-corrected chi connectivity index (χ0v) is 11.1. The minimum Gasteiger partial charge on any atom is -0.393 e. The van der Waals surface area contributed by atoms with Crippen molar-refractivity contribution in [1.29, 1.82) is 0 Å². The van der Waals surface area contributed by atoms with Crippen molar-refractivity contribution in [2.24, 2.45) is 5.92 Å². The minimum atomic E-state index is -0.452. The molecule has 1 aromatic carbocycles. The average molecular weight is 225 g/mol. The van der Waals surface area contributed by atoms with E-state index in [0.29, 0.717) is 0 Å². The Kier molecular flexibility index (Phi) is 4.93. The summed E-state index contributed by atoms with van der Waals surface area (Å²) in [7, 11) is 0. The maximum absolute atomic E-state index is 11.1. The van der Waals surface area contributed by atoms with Crippen LogP contribution in [0.2, 0.25) is 0 Å². The number of rotatable bonds is 2. The third kappa shape index (κ3) is 3.30. The molecule has 1 saturated heterocycles. The van der Waals surface area contributed by atoms with E-state index in [4.69, 9.17) is 0 Å². The molecule has 1 aromatic rings. The summed E-state index contributed by atoms with van der Waals surface area (Å²) in [4.78, 5) is 21.9. The molecule has 1 heterocycles. The Morgan fingerprint density at radius 3 is 2.44 bits per heavy atom. The standard InChI is InChI=1S/C12H10O3.Na/c13-11-8-10(12(14)15-11)7-6-9-4-2-1-3-5-9;/h1-7,10H,8H2;. The van der Waals surface area contributed by atoms with Gasteiger partial charge in [0, 0.05) is 29.6 Å². The van der Waals surface area contributed by atoms with Crippen molar-refractivity contribution >= 4 is 47.6 Å². The molecule has 1 aliphatic rings. The van der Waals surface area contributed by atoms with E-state index in [1.165, 1.54) is 0 Å². The molecule has 1 unspecified atom stereocenters. The summed E-state index contributed by atoms with van der Waals surface area (Å²) in [6, 6.07) is 9.61. The van der Waals surface area contributed by atoms with Crippen LogP contribution in [0.5, 0.6) is 0 Å². The average Bonchev–Trinajstić information content (AvgIpc) is 2.56. The molecule has 3 nitrogen and oxygen atoms in total. The number of benzene rings is 1. The molecule has 0 spiro atoms. The van der Waals surface area contributed by atoms with E-state index in [9.17, 15) is 9.59 Å². The largest absolute Gasteiger partial charge is 0.393 e. The van der Waals surface area contributed by atoms with Gasteiger partial charge in [0.25, 0.3) is 0 Å². The Bertz CT molecular complexity index is 412. The van der Waals surface area contributed by atoms with Crippen molar-refractivity contribution in [2.45, 2.75) is 6.42 Å². The monoisotopic (exact) mass is 225 g/mol. The Balaban J connectivity index is 0.00000128. The molecule has 0 aliphatic carbocycles. The second kappa shape index (κ2) is 5.99. The number of hydrogen-bond donors (Lipinski definition) is 0. The van der Waals surface area contributed by atoms with Gasteiger partial charge in [0.05, 0.1) is 12.3 Å². The van der Waals surface area contributed by atoms with Crippen LogP contribution in [0.4, 0.5) is 0 Å². The number of hydrogen-bond acceptors (Lipinski definition) is 3. The van der Waals surface area contributed by atoms with Gasteiger partial charge in [0.1, 0.15) is 0 Å². The summed E-state index contributed by atoms with van der Waals surface area (Å²) in [6.07, 6.45) is 3.69. The normalized spacial score (nSPS) is 19.6. The first-order valence-corrected chi connectivity index (χ1v) is 4.73. The molecule has 0 saturated carbocycles. The first-order chi connectivity index (χ1) is 7.25. The molecule has 0 amide bonds. The molecule has 16 heavy (non-hydrogen) atoms. The summed E-state index contributed by atoms with van der Waals surface area (Å²) in [5, 5.41) is 0. The molecule has 0 aromatic heterocycles. The van der Waals surface area contributed by atoms with Gasteiger partial charge in [-0.15, -0.1) is 0 Å². The van der Waals surface area contributed by atoms with Crippen LogP contribution in [0.1, 0.15) is 12.0 Å². The van der Waals surface area contributed by atoms with Gasteiger partial charge in [0.2, 0.25) is 0 Å². The smallest absolute Gasteiger partial charge is 0.321 e. The fourth-order valence-corrected chi connectivity index (χ4v) is 1.43. The van der Waals surface area contributed by atoms with Gasteiger partial charge >= 0.3 is 11.9 Å². The van der Waals surface area contributed by atoms with Crippen LogP contribution in [-0.4, -0.2) is 41.5 Å². The van der Waals surface area contributed by atoms with E-state index >= 15 is 0 Å². The molecule has 0 bridgehead atoms. The van der Waals surface area contributed by atoms with E-state index < -0.39 is 17.9 Å². The van der Waals surface area contributed by atoms with Crippen molar-refractivity contribution in [3.63, 3.8) is 0 Å². The van der Waals surface area contributed by atoms with Crippen LogP contribution >= 0.6 is 0 Å². The topological polar surface area (TPSA) is 43.4 Å². The minimum absolute atomic E-state index is 0. The Hall–Kier alpha value is -0.900. The summed E-state index contributed by atoms with van der Waals surface area (Å²) < 4.78 is 4.43. The third-order valence-electron chi connectivity index (χ3n) is 2.22. The zero-order chi connectivity index (χ0) is 10.7. The molecule has 1 fully saturated rings. The number of ether oxygens (including phenoxy) is 1. The van der Waals surface area contributed by atoms with Crippen molar-refractivity contribution in [3.05, 3.63) is 42.0 Å². The number of carbonyl (C=O) groups excluding carboxylic acids is 2. The van der Waals surface area contributed by atoms with Crippen molar-refractivity contribution in [1.82, 2.24) is 0 Å². The second-order valence-electron chi connectivity index (χ2n) is 3.37. The third-order valence-corrected chi connectivity index (χ3v) is 2.22. The summed E-state index contributed by atoms with van der Waals surface area (Å²) in [5.41, 5.74) is 1.00. The van der Waals surface area contributed by atoms with E-state index in [-0.39, 0.29) is 36.0 Å². The summed E-state index contributed by atoms with van der Waals surface area (Å²) in [5.74, 6) is -1.31. The molecular weight excluding hydrogens is 215 g/mol. The zero-order valence-electron chi connectivity index (χ0n) is 9.05. The first-order valence-electron chi connectivity index (χ1n) is 4.73. The second-order valence-corrected chi connectivity index (χ2v) is 3.37. The van der Waals surface area contributed by atoms with E-state index in [0.717, 1.165) is 5.56 Å². The predicted molar refractivity (Wildman–Crippen MR) is 60.4 cm³/mol. The maximum atomic E-state index is 11.1. The summed E-state index contributed by atoms with van der Waals surface area (Å²) in [6.45, 7) is 0. The van der Waals surface area contributed by atoms with Gasteiger partial charge < -0.3 is 4.74 Å². The molecular formula is C12H10NaO3. The van der Waals surface area contributed by atoms with Crippen LogP contribution in [0, 0.1) is 5.92 Å². The van der Waals surface area contributed by atoms with Gasteiger partial charge in [-0.05, 0) is 5.56 Å². The van der Waals surface area contributed by atoms with Gasteiger partial charge in [-0.2, -0.15) is 0 Å². The van der Waals surface area contributed by atoms with Gasteiger partial charge in [0.15, 0.2) is 0 Å². The Morgan fingerprint density at radius 2 is 1.88 bits per heavy atom. The maximum Gasteiger partial charge on any atom is 0.321 e. The molecule has 0 N–H and O–H groups in total. The van der Waals surface area contributed by atoms with Gasteiger partial charge in [-0.1, -0.05) is 42.5 Å². The van der Waals surface area contributed by atoms with Crippen molar-refractivity contribution < 1.29 is 14.3 Å². The molecule has 4 heteroatoms. The predicted octanol–water partition coefficient (Wildman–Crippen LogP) is 1.41. The van der Waals surface area contributed by atoms with Crippen LogP contribution in [-0.2, 0) is 14.3 Å². The number of carbonyl (C=O) groups is 2. The Labute approximate surface area is 116 Å².